The number of hydrogen-bond acceptors (Lipinski definition) is 3. The summed E-state index contributed by atoms with van der Waals surface area (Å²) in [5.41, 5.74) is 1.23. The van der Waals surface area contributed by atoms with E-state index in [1.54, 1.807) is 12.1 Å². The van der Waals surface area contributed by atoms with Gasteiger partial charge in [0.2, 0.25) is 0 Å². The molecular weight excluding hydrogens is 238 g/mol. The monoisotopic (exact) mass is 263 g/mol. The summed E-state index contributed by atoms with van der Waals surface area (Å²) in [6.45, 7) is 2.49. The van der Waals surface area contributed by atoms with Crippen LogP contribution in [0.4, 0.5) is 0 Å². The van der Waals surface area contributed by atoms with Crippen molar-refractivity contribution in [1.82, 2.24) is 5.32 Å². The van der Waals surface area contributed by atoms with Crippen LogP contribution in [0.1, 0.15) is 38.2 Å². The van der Waals surface area contributed by atoms with Gasteiger partial charge in [-0.3, -0.25) is 0 Å². The van der Waals surface area contributed by atoms with E-state index < -0.39 is 0 Å². The van der Waals surface area contributed by atoms with Crippen molar-refractivity contribution in [2.24, 2.45) is 5.92 Å². The van der Waals surface area contributed by atoms with E-state index in [-0.39, 0.29) is 0 Å². The van der Waals surface area contributed by atoms with Gasteiger partial charge < -0.3 is 15.5 Å². The Labute approximate surface area is 115 Å². The Morgan fingerprint density at radius 1 is 1.21 bits per heavy atom. The van der Waals surface area contributed by atoms with Gasteiger partial charge in [-0.15, -0.1) is 0 Å². The highest BCUT2D eigenvalue weighted by Gasteiger charge is 2.25. The maximum Gasteiger partial charge on any atom is 0.115 e. The summed E-state index contributed by atoms with van der Waals surface area (Å²) >= 11 is 0. The molecule has 3 atom stereocenters. The summed E-state index contributed by atoms with van der Waals surface area (Å²) in [6.07, 6.45) is 5.77. The zero-order valence-corrected chi connectivity index (χ0v) is 11.7. The van der Waals surface area contributed by atoms with Gasteiger partial charge in [0.1, 0.15) is 5.75 Å². The maximum absolute atomic E-state index is 9.43. The summed E-state index contributed by atoms with van der Waals surface area (Å²) < 4.78 is 0. The van der Waals surface area contributed by atoms with Crippen LogP contribution in [-0.2, 0) is 6.42 Å². The Balaban J connectivity index is 1.86. The van der Waals surface area contributed by atoms with Crippen LogP contribution in [0.25, 0.3) is 0 Å². The SMILES string of the molecule is CC(Cc1ccc(O)cc1)NC1CCCCC1CO. The number of aliphatic hydroxyl groups excluding tert-OH is 1. The normalized spacial score (nSPS) is 25.2. The molecule has 1 fully saturated rings. The second kappa shape index (κ2) is 6.92. The van der Waals surface area contributed by atoms with Gasteiger partial charge in [-0.2, -0.15) is 0 Å². The van der Waals surface area contributed by atoms with Gasteiger partial charge in [0.25, 0.3) is 0 Å². The average Bonchev–Trinajstić information content (AvgIpc) is 2.42. The number of rotatable bonds is 5. The molecule has 0 aliphatic heterocycles. The first-order chi connectivity index (χ1) is 9.19. The lowest BCUT2D eigenvalue weighted by molar-refractivity contribution is 0.147. The van der Waals surface area contributed by atoms with E-state index in [9.17, 15) is 10.2 Å². The molecule has 1 aliphatic carbocycles. The second-order valence-electron chi connectivity index (χ2n) is 5.77. The van der Waals surface area contributed by atoms with Crippen LogP contribution < -0.4 is 5.32 Å². The molecule has 3 heteroatoms. The predicted molar refractivity (Wildman–Crippen MR) is 77.2 cm³/mol. The van der Waals surface area contributed by atoms with Gasteiger partial charge in [-0.1, -0.05) is 25.0 Å². The van der Waals surface area contributed by atoms with Crippen molar-refractivity contribution in [2.45, 2.75) is 51.1 Å². The molecule has 2 rings (SSSR count). The number of phenolic OH excluding ortho intramolecular Hbond substituents is 1. The molecule has 0 heterocycles. The molecule has 1 aromatic rings. The van der Waals surface area contributed by atoms with Crippen LogP contribution in [0, 0.1) is 5.92 Å². The highest BCUT2D eigenvalue weighted by Crippen LogP contribution is 2.24. The molecule has 0 amide bonds. The van der Waals surface area contributed by atoms with E-state index in [1.165, 1.54) is 24.8 Å². The van der Waals surface area contributed by atoms with Crippen molar-refractivity contribution in [1.29, 1.82) is 0 Å². The molecule has 1 aromatic carbocycles. The fourth-order valence-corrected chi connectivity index (χ4v) is 3.06. The summed E-state index contributed by atoms with van der Waals surface area (Å²) in [5, 5.41) is 22.4. The summed E-state index contributed by atoms with van der Waals surface area (Å²) in [4.78, 5) is 0. The Bertz CT molecular complexity index is 377. The molecule has 0 bridgehead atoms. The molecule has 1 saturated carbocycles. The largest absolute Gasteiger partial charge is 0.508 e. The molecule has 0 spiro atoms. The molecule has 3 unspecified atom stereocenters. The minimum Gasteiger partial charge on any atom is -0.508 e. The van der Waals surface area contributed by atoms with Crippen molar-refractivity contribution in [2.75, 3.05) is 6.61 Å². The third-order valence-electron chi connectivity index (χ3n) is 4.12. The number of aliphatic hydroxyl groups is 1. The first-order valence-corrected chi connectivity index (χ1v) is 7.34. The zero-order valence-electron chi connectivity index (χ0n) is 11.7. The molecule has 0 aromatic heterocycles. The van der Waals surface area contributed by atoms with Crippen LogP contribution in [0.3, 0.4) is 0 Å². The lowest BCUT2D eigenvalue weighted by Gasteiger charge is -2.33. The molecule has 0 saturated heterocycles. The van der Waals surface area contributed by atoms with Crippen LogP contribution in [-0.4, -0.2) is 28.9 Å². The molecule has 0 radical (unpaired) electrons. The minimum atomic E-state index is 0.295. The first kappa shape index (κ1) is 14.4. The quantitative estimate of drug-likeness (QED) is 0.765. The summed E-state index contributed by atoms with van der Waals surface area (Å²) in [5.74, 6) is 0.730. The fraction of sp³-hybridized carbons (Fsp3) is 0.625. The lowest BCUT2D eigenvalue weighted by Crippen LogP contribution is -2.45. The Hall–Kier alpha value is -1.06. The lowest BCUT2D eigenvalue weighted by atomic mass is 9.84. The minimum absolute atomic E-state index is 0.295. The van der Waals surface area contributed by atoms with Gasteiger partial charge >= 0.3 is 0 Å². The van der Waals surface area contributed by atoms with Crippen LogP contribution in [0.5, 0.6) is 5.75 Å². The fourth-order valence-electron chi connectivity index (χ4n) is 3.06. The predicted octanol–water partition coefficient (Wildman–Crippen LogP) is 2.46. The van der Waals surface area contributed by atoms with Gasteiger partial charge in [0, 0.05) is 18.7 Å². The van der Waals surface area contributed by atoms with Crippen molar-refractivity contribution >= 4 is 0 Å². The van der Waals surface area contributed by atoms with E-state index in [1.807, 2.05) is 12.1 Å². The Morgan fingerprint density at radius 2 is 1.89 bits per heavy atom. The Kier molecular flexibility index (Phi) is 5.23. The molecule has 3 nitrogen and oxygen atoms in total. The number of nitrogens with one attached hydrogen (secondary N) is 1. The van der Waals surface area contributed by atoms with E-state index >= 15 is 0 Å². The van der Waals surface area contributed by atoms with Crippen molar-refractivity contribution in [3.8, 4) is 5.75 Å². The first-order valence-electron chi connectivity index (χ1n) is 7.34. The second-order valence-corrected chi connectivity index (χ2v) is 5.77. The molecular formula is C16H25NO2. The maximum atomic E-state index is 9.43. The van der Waals surface area contributed by atoms with Gasteiger partial charge in [-0.25, -0.2) is 0 Å². The van der Waals surface area contributed by atoms with E-state index in [0.29, 0.717) is 30.4 Å². The smallest absolute Gasteiger partial charge is 0.115 e. The van der Waals surface area contributed by atoms with Crippen LogP contribution >= 0.6 is 0 Å². The highest BCUT2D eigenvalue weighted by molar-refractivity contribution is 5.26. The van der Waals surface area contributed by atoms with Crippen molar-refractivity contribution < 1.29 is 10.2 Å². The number of phenols is 1. The number of hydrogen-bond donors (Lipinski definition) is 3. The number of benzene rings is 1. The van der Waals surface area contributed by atoms with E-state index in [2.05, 4.69) is 12.2 Å². The Morgan fingerprint density at radius 3 is 2.58 bits per heavy atom. The standard InChI is InChI=1S/C16H25NO2/c1-12(10-13-6-8-15(19)9-7-13)17-16-5-3-2-4-14(16)11-18/h6-9,12,14,16-19H,2-5,10-11H2,1H3. The van der Waals surface area contributed by atoms with E-state index in [0.717, 1.165) is 12.8 Å². The third-order valence-corrected chi connectivity index (χ3v) is 4.12. The van der Waals surface area contributed by atoms with E-state index in [4.69, 9.17) is 0 Å². The van der Waals surface area contributed by atoms with Crippen LogP contribution in [0.15, 0.2) is 24.3 Å². The van der Waals surface area contributed by atoms with Gasteiger partial charge in [0.15, 0.2) is 0 Å². The van der Waals surface area contributed by atoms with Crippen molar-refractivity contribution in [3.05, 3.63) is 29.8 Å². The molecule has 3 N–H and O–H groups in total. The third kappa shape index (κ3) is 4.22. The summed E-state index contributed by atoms with van der Waals surface area (Å²) in [7, 11) is 0. The number of aromatic hydroxyl groups is 1. The molecule has 1 aliphatic rings. The van der Waals surface area contributed by atoms with Crippen molar-refractivity contribution in [3.63, 3.8) is 0 Å². The summed E-state index contributed by atoms with van der Waals surface area (Å²) in [6, 6.07) is 8.25. The average molecular weight is 263 g/mol. The zero-order chi connectivity index (χ0) is 13.7. The van der Waals surface area contributed by atoms with Gasteiger partial charge in [-0.05, 0) is 49.8 Å². The topological polar surface area (TPSA) is 52.5 Å². The molecule has 19 heavy (non-hydrogen) atoms. The molecule has 106 valence electrons. The highest BCUT2D eigenvalue weighted by atomic mass is 16.3. The van der Waals surface area contributed by atoms with Gasteiger partial charge in [0.05, 0.1) is 0 Å². The van der Waals surface area contributed by atoms with Crippen LogP contribution in [0.2, 0.25) is 0 Å².